The molecule has 13 heteroatoms. The summed E-state index contributed by atoms with van der Waals surface area (Å²) in [5, 5.41) is -0.913. The van der Waals surface area contributed by atoms with E-state index in [1.807, 2.05) is 16.9 Å². The minimum Gasteiger partial charge on any atom is -0.485 e. The molecule has 1 aromatic heterocycles. The van der Waals surface area contributed by atoms with Gasteiger partial charge in [0.2, 0.25) is 21.8 Å². The number of rotatable bonds is 10. The van der Waals surface area contributed by atoms with Crippen molar-refractivity contribution < 1.29 is 40.6 Å². The number of pyridine rings is 1. The van der Waals surface area contributed by atoms with Crippen molar-refractivity contribution in [2.75, 3.05) is 25.2 Å². The summed E-state index contributed by atoms with van der Waals surface area (Å²) in [4.78, 5) is 15.7. The summed E-state index contributed by atoms with van der Waals surface area (Å²) in [6, 6.07) is 15.4. The Hall–Kier alpha value is -3.84. The van der Waals surface area contributed by atoms with Crippen LogP contribution in [0.2, 0.25) is 0 Å². The van der Waals surface area contributed by atoms with E-state index in [0.717, 1.165) is 5.56 Å². The van der Waals surface area contributed by atoms with Gasteiger partial charge in [-0.1, -0.05) is 24.3 Å². The highest BCUT2D eigenvalue weighted by Gasteiger charge is 2.38. The number of benzene rings is 2. The number of para-hydroxylation sites is 1. The molecule has 1 saturated heterocycles. The lowest BCUT2D eigenvalue weighted by molar-refractivity contribution is -0.118. The molecule has 3 heterocycles. The van der Waals surface area contributed by atoms with Crippen LogP contribution in [-0.4, -0.2) is 52.9 Å². The molecule has 5 rings (SSSR count). The number of nitrogens with zero attached hydrogens (tertiary/aromatic N) is 1. The lowest BCUT2D eigenvalue weighted by Crippen LogP contribution is -2.21. The van der Waals surface area contributed by atoms with Gasteiger partial charge in [-0.3, -0.25) is 9.52 Å². The van der Waals surface area contributed by atoms with Gasteiger partial charge in [-0.2, -0.15) is 0 Å². The molecule has 0 bridgehead atoms. The number of sulfone groups is 1. The van der Waals surface area contributed by atoms with Crippen molar-refractivity contribution in [2.24, 2.45) is 0 Å². The summed E-state index contributed by atoms with van der Waals surface area (Å²) in [7, 11) is -6.74. The van der Waals surface area contributed by atoms with Crippen LogP contribution in [0.15, 0.2) is 60.8 Å². The van der Waals surface area contributed by atoms with Crippen LogP contribution in [0.4, 0.5) is 0 Å². The van der Waals surface area contributed by atoms with Gasteiger partial charge in [0.25, 0.3) is 0 Å². The lowest BCUT2D eigenvalue weighted by atomic mass is 10.1. The van der Waals surface area contributed by atoms with Crippen LogP contribution < -0.4 is 23.7 Å². The number of hydrogen-bond donors (Lipinski definition) is 1. The molecule has 2 aliphatic heterocycles. The van der Waals surface area contributed by atoms with Crippen molar-refractivity contribution >= 4 is 25.8 Å². The van der Waals surface area contributed by atoms with E-state index in [2.05, 4.69) is 4.98 Å². The Kier molecular flexibility index (Phi) is 7.36. The zero-order chi connectivity index (χ0) is 27.6. The van der Waals surface area contributed by atoms with Gasteiger partial charge in [0.05, 0.1) is 25.0 Å². The van der Waals surface area contributed by atoms with Gasteiger partial charge < -0.3 is 18.9 Å². The highest BCUT2D eigenvalue weighted by atomic mass is 32.2. The van der Waals surface area contributed by atoms with Crippen LogP contribution in [0.5, 0.6) is 28.9 Å². The van der Waals surface area contributed by atoms with Crippen molar-refractivity contribution in [3.63, 3.8) is 0 Å². The predicted molar refractivity (Wildman–Crippen MR) is 140 cm³/mol. The number of ether oxygens (including phenoxy) is 4. The number of fused-ring (bicyclic) bond motifs is 1. The van der Waals surface area contributed by atoms with Crippen molar-refractivity contribution in [3.05, 3.63) is 71.9 Å². The van der Waals surface area contributed by atoms with Gasteiger partial charge in [0, 0.05) is 17.9 Å². The fourth-order valence-corrected chi connectivity index (χ4v) is 6.35. The van der Waals surface area contributed by atoms with E-state index in [1.54, 1.807) is 42.5 Å². The van der Waals surface area contributed by atoms with E-state index >= 15 is 0 Å². The number of amides is 1. The smallest absolute Gasteiger partial charge is 0.242 e. The number of aromatic nitrogens is 1. The molecule has 2 atom stereocenters. The molecule has 1 unspecified atom stereocenters. The fraction of sp³-hybridized carbons (Fsp3) is 0.308. The average Bonchev–Trinajstić information content (AvgIpc) is 3.42. The first-order valence-electron chi connectivity index (χ1n) is 12.1. The fourth-order valence-electron chi connectivity index (χ4n) is 4.28. The van der Waals surface area contributed by atoms with Gasteiger partial charge in [-0.25, -0.2) is 21.8 Å². The standard InChI is InChI=1S/C26H26N2O9S2/c1-38(30,31)13-3-12-34-25-11-10-19(15-27-25)37-21-5-2-4-20-22(16-35-26(20)21)36-18-8-6-17(7-9-18)23-14-24(29)28-39(23,32)33/h2,4-11,15,22-23H,3,12-14,16H2,1H3,(H,28,29)/t22-,23?/m1/s1. The first-order valence-corrected chi connectivity index (χ1v) is 15.7. The van der Waals surface area contributed by atoms with Gasteiger partial charge in [0.1, 0.15) is 33.2 Å². The molecule has 3 aromatic rings. The van der Waals surface area contributed by atoms with Crippen molar-refractivity contribution in [2.45, 2.75) is 24.2 Å². The topological polar surface area (TPSA) is 147 Å². The van der Waals surface area contributed by atoms with E-state index in [9.17, 15) is 21.6 Å². The lowest BCUT2D eigenvalue weighted by Gasteiger charge is -2.14. The molecular weight excluding hydrogens is 548 g/mol. The Morgan fingerprint density at radius 2 is 1.85 bits per heavy atom. The second-order valence-electron chi connectivity index (χ2n) is 9.19. The van der Waals surface area contributed by atoms with E-state index in [4.69, 9.17) is 18.9 Å². The normalized spacial score (nSPS) is 19.6. The summed E-state index contributed by atoms with van der Waals surface area (Å²) < 4.78 is 72.1. The van der Waals surface area contributed by atoms with Gasteiger partial charge in [-0.05, 0) is 36.2 Å². The number of sulfonamides is 1. The van der Waals surface area contributed by atoms with Crippen LogP contribution in [0.3, 0.4) is 0 Å². The third kappa shape index (κ3) is 6.42. The van der Waals surface area contributed by atoms with Crippen molar-refractivity contribution in [1.82, 2.24) is 9.71 Å². The molecule has 206 valence electrons. The second kappa shape index (κ2) is 10.7. The van der Waals surface area contributed by atoms with Crippen LogP contribution in [0.1, 0.15) is 35.3 Å². The SMILES string of the molecule is CS(=O)(=O)CCCOc1ccc(Oc2cccc3c2OC[C@H]3Oc2ccc(C3CC(=O)NS3(=O)=O)cc2)cn1. The summed E-state index contributed by atoms with van der Waals surface area (Å²) in [6.45, 7) is 0.492. The minimum atomic E-state index is -3.71. The predicted octanol–water partition coefficient (Wildman–Crippen LogP) is 3.09. The molecule has 1 N–H and O–H groups in total. The molecule has 39 heavy (non-hydrogen) atoms. The number of carbonyl (C=O) groups excluding carboxylic acids is 1. The Labute approximate surface area is 226 Å². The molecule has 0 aliphatic carbocycles. The Morgan fingerprint density at radius 3 is 2.51 bits per heavy atom. The van der Waals surface area contributed by atoms with Crippen LogP contribution >= 0.6 is 0 Å². The summed E-state index contributed by atoms with van der Waals surface area (Å²) in [6.07, 6.45) is 2.55. The van der Waals surface area contributed by atoms with Crippen LogP contribution in [0.25, 0.3) is 0 Å². The average molecular weight is 575 g/mol. The molecular formula is C26H26N2O9S2. The molecule has 0 spiro atoms. The highest BCUT2D eigenvalue weighted by Crippen LogP contribution is 2.43. The van der Waals surface area contributed by atoms with E-state index in [1.165, 1.54) is 12.5 Å². The van der Waals surface area contributed by atoms with Gasteiger partial charge in [-0.15, -0.1) is 0 Å². The van der Waals surface area contributed by atoms with Gasteiger partial charge in [0.15, 0.2) is 17.6 Å². The summed E-state index contributed by atoms with van der Waals surface area (Å²) in [5.74, 6) is 1.91. The third-order valence-electron chi connectivity index (χ3n) is 6.11. The minimum absolute atomic E-state index is 0.0496. The molecule has 2 aliphatic rings. The van der Waals surface area contributed by atoms with E-state index in [0.29, 0.717) is 40.9 Å². The largest absolute Gasteiger partial charge is 0.485 e. The van der Waals surface area contributed by atoms with Crippen LogP contribution in [-0.2, 0) is 24.7 Å². The van der Waals surface area contributed by atoms with Crippen molar-refractivity contribution in [1.29, 1.82) is 0 Å². The third-order valence-corrected chi connectivity index (χ3v) is 8.84. The molecule has 1 amide bonds. The highest BCUT2D eigenvalue weighted by molar-refractivity contribution is 7.91. The maximum Gasteiger partial charge on any atom is 0.242 e. The van der Waals surface area contributed by atoms with E-state index in [-0.39, 0.29) is 25.4 Å². The maximum atomic E-state index is 12.1. The second-order valence-corrected chi connectivity index (χ2v) is 13.3. The summed E-state index contributed by atoms with van der Waals surface area (Å²) in [5.41, 5.74) is 1.31. The monoisotopic (exact) mass is 574 g/mol. The number of carbonyl (C=O) groups is 1. The maximum absolute atomic E-state index is 12.1. The quantitative estimate of drug-likeness (QED) is 0.358. The molecule has 11 nitrogen and oxygen atoms in total. The van der Waals surface area contributed by atoms with Crippen molar-refractivity contribution in [3.8, 4) is 28.9 Å². The van der Waals surface area contributed by atoms with Crippen LogP contribution in [0, 0.1) is 0 Å². The Balaban J connectivity index is 1.21. The Morgan fingerprint density at radius 1 is 1.08 bits per heavy atom. The molecule has 0 radical (unpaired) electrons. The number of nitrogens with one attached hydrogen (secondary N) is 1. The van der Waals surface area contributed by atoms with E-state index < -0.39 is 37.1 Å². The first kappa shape index (κ1) is 26.8. The molecule has 2 aromatic carbocycles. The number of hydrogen-bond acceptors (Lipinski definition) is 10. The molecule has 1 fully saturated rings. The zero-order valence-corrected chi connectivity index (χ0v) is 22.5. The molecule has 0 saturated carbocycles. The first-order chi connectivity index (χ1) is 18.6. The Bertz CT molecular complexity index is 1570. The van der Waals surface area contributed by atoms with Gasteiger partial charge >= 0.3 is 0 Å². The summed E-state index contributed by atoms with van der Waals surface area (Å²) >= 11 is 0. The zero-order valence-electron chi connectivity index (χ0n) is 20.9.